The van der Waals surface area contributed by atoms with Crippen molar-refractivity contribution in [2.45, 2.75) is 19.4 Å². The number of anilines is 1. The summed E-state index contributed by atoms with van der Waals surface area (Å²) in [4.78, 5) is 27.0. The molecule has 1 N–H and O–H groups in total. The number of nitro groups is 1. The van der Waals surface area contributed by atoms with Crippen LogP contribution in [0.2, 0.25) is 0 Å². The molecule has 2 aliphatic rings. The van der Waals surface area contributed by atoms with Crippen LogP contribution in [0.4, 0.5) is 11.6 Å². The van der Waals surface area contributed by atoms with Crippen molar-refractivity contribution in [1.29, 1.82) is 0 Å². The van der Waals surface area contributed by atoms with Gasteiger partial charge >= 0.3 is 5.88 Å². The minimum absolute atomic E-state index is 0.0626. The Bertz CT molecular complexity index is 836. The Hall–Kier alpha value is -2.87. The quantitative estimate of drug-likeness (QED) is 0.583. The average Bonchev–Trinajstić information content (AvgIpc) is 3.38. The standard InChI is InChI=1S/C20H24N4O4/c25-20(18-7-8-19(28-18)24(26)27)21-13-15-3-5-17(6-4-15)23-11-9-22(10-12-23)14-16-1-2-16/h3-8,16H,1-2,9-14H2,(H,21,25). The first kappa shape index (κ1) is 18.5. The molecule has 0 radical (unpaired) electrons. The van der Waals surface area contributed by atoms with Crippen LogP contribution in [0.15, 0.2) is 40.8 Å². The molecule has 1 aliphatic carbocycles. The van der Waals surface area contributed by atoms with Crippen molar-refractivity contribution in [2.75, 3.05) is 37.6 Å². The lowest BCUT2D eigenvalue weighted by molar-refractivity contribution is -0.402. The molecule has 2 heterocycles. The van der Waals surface area contributed by atoms with Gasteiger partial charge in [0.25, 0.3) is 5.91 Å². The first-order valence-corrected chi connectivity index (χ1v) is 9.67. The van der Waals surface area contributed by atoms with Crippen LogP contribution in [0.25, 0.3) is 0 Å². The molecule has 1 aromatic heterocycles. The molecule has 0 atom stereocenters. The van der Waals surface area contributed by atoms with Crippen LogP contribution in [0.5, 0.6) is 0 Å². The average molecular weight is 384 g/mol. The van der Waals surface area contributed by atoms with Crippen molar-refractivity contribution in [3.05, 3.63) is 57.8 Å². The Balaban J connectivity index is 1.26. The summed E-state index contributed by atoms with van der Waals surface area (Å²) in [7, 11) is 0. The van der Waals surface area contributed by atoms with Crippen LogP contribution >= 0.6 is 0 Å². The van der Waals surface area contributed by atoms with E-state index in [9.17, 15) is 14.9 Å². The number of benzene rings is 1. The van der Waals surface area contributed by atoms with E-state index in [2.05, 4.69) is 27.2 Å². The van der Waals surface area contributed by atoms with E-state index in [1.807, 2.05) is 12.1 Å². The van der Waals surface area contributed by atoms with Crippen molar-refractivity contribution in [1.82, 2.24) is 10.2 Å². The molecule has 1 saturated carbocycles. The van der Waals surface area contributed by atoms with E-state index in [1.54, 1.807) is 0 Å². The Morgan fingerprint density at radius 2 is 1.82 bits per heavy atom. The normalized spacial score (nSPS) is 17.5. The molecule has 1 aliphatic heterocycles. The van der Waals surface area contributed by atoms with Gasteiger partial charge in [0, 0.05) is 45.0 Å². The third-order valence-corrected chi connectivity index (χ3v) is 5.34. The van der Waals surface area contributed by atoms with Gasteiger partial charge in [0.15, 0.2) is 5.76 Å². The highest BCUT2D eigenvalue weighted by atomic mass is 16.6. The second kappa shape index (κ2) is 8.02. The number of nitrogens with one attached hydrogen (secondary N) is 1. The molecule has 8 nitrogen and oxygen atoms in total. The van der Waals surface area contributed by atoms with E-state index >= 15 is 0 Å². The molecule has 28 heavy (non-hydrogen) atoms. The molecule has 2 fully saturated rings. The minimum Gasteiger partial charge on any atom is -0.395 e. The summed E-state index contributed by atoms with van der Waals surface area (Å²) in [5.41, 5.74) is 2.16. The number of hydrogen-bond donors (Lipinski definition) is 1. The third-order valence-electron chi connectivity index (χ3n) is 5.34. The summed E-state index contributed by atoms with van der Waals surface area (Å²) < 4.78 is 4.91. The van der Waals surface area contributed by atoms with Gasteiger partial charge in [-0.05, 0) is 42.5 Å². The molecule has 2 aromatic rings. The summed E-state index contributed by atoms with van der Waals surface area (Å²) in [5, 5.41) is 13.3. The summed E-state index contributed by atoms with van der Waals surface area (Å²) in [6.45, 7) is 5.90. The molecule has 0 bridgehead atoms. The molecule has 148 valence electrons. The smallest absolute Gasteiger partial charge is 0.395 e. The molecule has 1 aromatic carbocycles. The molecule has 0 spiro atoms. The maximum absolute atomic E-state index is 12.0. The summed E-state index contributed by atoms with van der Waals surface area (Å²) >= 11 is 0. The van der Waals surface area contributed by atoms with Gasteiger partial charge in [-0.3, -0.25) is 19.8 Å². The zero-order valence-electron chi connectivity index (χ0n) is 15.7. The van der Waals surface area contributed by atoms with E-state index in [4.69, 9.17) is 4.42 Å². The monoisotopic (exact) mass is 384 g/mol. The van der Waals surface area contributed by atoms with Crippen LogP contribution in [-0.2, 0) is 6.54 Å². The van der Waals surface area contributed by atoms with Gasteiger partial charge in [-0.25, -0.2) is 0 Å². The van der Waals surface area contributed by atoms with Crippen molar-refractivity contribution < 1.29 is 14.1 Å². The fraction of sp³-hybridized carbons (Fsp3) is 0.450. The lowest BCUT2D eigenvalue weighted by Gasteiger charge is -2.36. The number of piperazine rings is 1. The zero-order valence-corrected chi connectivity index (χ0v) is 15.7. The van der Waals surface area contributed by atoms with Gasteiger partial charge in [-0.1, -0.05) is 12.1 Å². The first-order valence-electron chi connectivity index (χ1n) is 9.67. The summed E-state index contributed by atoms with van der Waals surface area (Å²) in [6.07, 6.45) is 2.80. The van der Waals surface area contributed by atoms with E-state index in [0.29, 0.717) is 6.54 Å². The largest absolute Gasteiger partial charge is 0.433 e. The molecule has 8 heteroatoms. The van der Waals surface area contributed by atoms with Gasteiger partial charge in [-0.15, -0.1) is 0 Å². The number of nitrogens with zero attached hydrogens (tertiary/aromatic N) is 3. The maximum Gasteiger partial charge on any atom is 0.433 e. The second-order valence-corrected chi connectivity index (χ2v) is 7.48. The van der Waals surface area contributed by atoms with Crippen LogP contribution in [0.1, 0.15) is 29.0 Å². The van der Waals surface area contributed by atoms with Crippen molar-refractivity contribution in [3.8, 4) is 0 Å². The lowest BCUT2D eigenvalue weighted by atomic mass is 10.1. The van der Waals surface area contributed by atoms with Crippen LogP contribution < -0.4 is 10.2 Å². The highest BCUT2D eigenvalue weighted by Gasteiger charge is 2.26. The van der Waals surface area contributed by atoms with Gasteiger partial charge in [0.2, 0.25) is 0 Å². The molecule has 4 rings (SSSR count). The predicted molar refractivity (Wildman–Crippen MR) is 104 cm³/mol. The molecular weight excluding hydrogens is 360 g/mol. The lowest BCUT2D eigenvalue weighted by Crippen LogP contribution is -2.47. The Labute approximate surface area is 163 Å². The number of carbonyl (C=O) groups excluding carboxylic acids is 1. The second-order valence-electron chi connectivity index (χ2n) is 7.48. The van der Waals surface area contributed by atoms with E-state index < -0.39 is 16.7 Å². The summed E-state index contributed by atoms with van der Waals surface area (Å²) in [6, 6.07) is 10.6. The van der Waals surface area contributed by atoms with Crippen LogP contribution in [-0.4, -0.2) is 48.5 Å². The van der Waals surface area contributed by atoms with Crippen molar-refractivity contribution in [2.24, 2.45) is 5.92 Å². The Kier molecular flexibility index (Phi) is 5.29. The SMILES string of the molecule is O=C(NCc1ccc(N2CCN(CC3CC3)CC2)cc1)c1ccc([N+](=O)[O-])o1. The van der Waals surface area contributed by atoms with Crippen molar-refractivity contribution in [3.63, 3.8) is 0 Å². The van der Waals surface area contributed by atoms with Gasteiger partial charge < -0.3 is 14.6 Å². The fourth-order valence-electron chi connectivity index (χ4n) is 3.50. The van der Waals surface area contributed by atoms with Gasteiger partial charge in [0.1, 0.15) is 4.92 Å². The van der Waals surface area contributed by atoms with E-state index in [-0.39, 0.29) is 5.76 Å². The summed E-state index contributed by atoms with van der Waals surface area (Å²) in [5.74, 6) is -0.0311. The number of hydrogen-bond acceptors (Lipinski definition) is 6. The number of rotatable bonds is 7. The molecule has 1 amide bonds. The number of amides is 1. The molecule has 1 saturated heterocycles. The fourth-order valence-corrected chi connectivity index (χ4v) is 3.50. The van der Waals surface area contributed by atoms with Gasteiger partial charge in [-0.2, -0.15) is 0 Å². The highest BCUT2D eigenvalue weighted by molar-refractivity contribution is 5.91. The first-order chi connectivity index (χ1) is 13.6. The van der Waals surface area contributed by atoms with Gasteiger partial charge in [0.05, 0.1) is 6.07 Å². The topological polar surface area (TPSA) is 91.9 Å². The molecular formula is C20H24N4O4. The third kappa shape index (κ3) is 4.51. The van der Waals surface area contributed by atoms with E-state index in [1.165, 1.54) is 37.2 Å². The highest BCUT2D eigenvalue weighted by Crippen LogP contribution is 2.30. The number of furan rings is 1. The predicted octanol–water partition coefficient (Wildman–Crippen LogP) is 2.65. The molecule has 0 unspecified atom stereocenters. The van der Waals surface area contributed by atoms with Crippen molar-refractivity contribution >= 4 is 17.5 Å². The zero-order chi connectivity index (χ0) is 19.5. The van der Waals surface area contributed by atoms with Crippen LogP contribution in [0, 0.1) is 16.0 Å². The Morgan fingerprint density at radius 3 is 2.43 bits per heavy atom. The Morgan fingerprint density at radius 1 is 1.11 bits per heavy atom. The number of carbonyl (C=O) groups is 1. The van der Waals surface area contributed by atoms with Crippen LogP contribution in [0.3, 0.4) is 0 Å². The maximum atomic E-state index is 12.0. The minimum atomic E-state index is -0.665. The van der Waals surface area contributed by atoms with E-state index in [0.717, 1.165) is 37.7 Å².